The highest BCUT2D eigenvalue weighted by atomic mass is 32.2. The molecule has 0 aliphatic rings. The van der Waals surface area contributed by atoms with Crippen molar-refractivity contribution in [2.75, 3.05) is 33.9 Å². The lowest BCUT2D eigenvalue weighted by atomic mass is 10.1. The Balaban J connectivity index is 1.93. The molecule has 0 aliphatic heterocycles. The van der Waals surface area contributed by atoms with E-state index >= 15 is 0 Å². The lowest BCUT2D eigenvalue weighted by Crippen LogP contribution is -2.38. The number of ether oxygens (including phenoxy) is 1. The van der Waals surface area contributed by atoms with Gasteiger partial charge in [0.15, 0.2) is 9.84 Å². The molecule has 0 aliphatic carbocycles. The number of nitrogens with one attached hydrogen (secondary N) is 1. The predicted molar refractivity (Wildman–Crippen MR) is 110 cm³/mol. The minimum Gasteiger partial charge on any atom is -0.385 e. The van der Waals surface area contributed by atoms with Crippen molar-refractivity contribution in [2.24, 2.45) is 0 Å². The van der Waals surface area contributed by atoms with Crippen molar-refractivity contribution in [1.82, 2.24) is 10.2 Å². The van der Waals surface area contributed by atoms with Crippen molar-refractivity contribution in [3.63, 3.8) is 0 Å². The number of carbonyl (C=O) groups is 2. The minimum absolute atomic E-state index is 0.0596. The average molecular weight is 419 g/mol. The van der Waals surface area contributed by atoms with E-state index in [0.717, 1.165) is 0 Å². The van der Waals surface area contributed by atoms with E-state index in [1.54, 1.807) is 68.8 Å². The molecule has 0 heterocycles. The number of hydrogen-bond acceptors (Lipinski definition) is 5. The first-order chi connectivity index (χ1) is 13.8. The van der Waals surface area contributed by atoms with Crippen LogP contribution in [-0.2, 0) is 25.1 Å². The fourth-order valence-electron chi connectivity index (χ4n) is 2.68. The third kappa shape index (κ3) is 6.99. The zero-order chi connectivity index (χ0) is 21.3. The molecule has 2 amide bonds. The number of carbonyl (C=O) groups excluding carboxylic acids is 2. The lowest BCUT2D eigenvalue weighted by Gasteiger charge is -2.17. The van der Waals surface area contributed by atoms with Gasteiger partial charge in [0.05, 0.1) is 17.2 Å². The molecule has 2 aromatic rings. The molecule has 8 heteroatoms. The Labute approximate surface area is 171 Å². The molecule has 0 radical (unpaired) electrons. The molecule has 2 aromatic carbocycles. The highest BCUT2D eigenvalue weighted by molar-refractivity contribution is 7.90. The molecule has 156 valence electrons. The summed E-state index contributed by atoms with van der Waals surface area (Å²) in [4.78, 5) is 25.9. The molecule has 0 spiro atoms. The zero-order valence-corrected chi connectivity index (χ0v) is 17.4. The van der Waals surface area contributed by atoms with Crippen molar-refractivity contribution < 1.29 is 22.7 Å². The molecular formula is C21H26N2O5S. The summed E-state index contributed by atoms with van der Waals surface area (Å²) in [6.45, 7) is 0.983. The van der Waals surface area contributed by atoms with Crippen LogP contribution in [0, 0.1) is 0 Å². The quantitative estimate of drug-likeness (QED) is 0.595. The van der Waals surface area contributed by atoms with Gasteiger partial charge in [0.25, 0.3) is 5.91 Å². The van der Waals surface area contributed by atoms with Gasteiger partial charge >= 0.3 is 0 Å². The first kappa shape index (κ1) is 22.6. The fraction of sp³-hybridized carbons (Fsp3) is 0.333. The van der Waals surface area contributed by atoms with Crippen LogP contribution in [0.25, 0.3) is 0 Å². The number of amides is 2. The van der Waals surface area contributed by atoms with Crippen LogP contribution in [0.15, 0.2) is 59.5 Å². The van der Waals surface area contributed by atoms with Gasteiger partial charge in [0.2, 0.25) is 5.91 Å². The summed E-state index contributed by atoms with van der Waals surface area (Å²) >= 11 is 0. The molecule has 2 rings (SSSR count). The highest BCUT2D eigenvalue weighted by Gasteiger charge is 2.17. The molecule has 1 N–H and O–H groups in total. The maximum Gasteiger partial charge on any atom is 0.254 e. The molecule has 0 saturated heterocycles. The van der Waals surface area contributed by atoms with Crippen LogP contribution in [0.2, 0.25) is 0 Å². The predicted octanol–water partition coefficient (Wildman–Crippen LogP) is 1.89. The van der Waals surface area contributed by atoms with Gasteiger partial charge in [0.1, 0.15) is 0 Å². The Morgan fingerprint density at radius 1 is 1.03 bits per heavy atom. The molecule has 0 atom stereocenters. The fourth-order valence-corrected chi connectivity index (χ4v) is 4.05. The van der Waals surface area contributed by atoms with Gasteiger partial charge in [-0.25, -0.2) is 8.42 Å². The van der Waals surface area contributed by atoms with Crippen LogP contribution < -0.4 is 5.32 Å². The van der Waals surface area contributed by atoms with Crippen LogP contribution in [0.1, 0.15) is 22.3 Å². The summed E-state index contributed by atoms with van der Waals surface area (Å²) in [5.41, 5.74) is 0.976. The van der Waals surface area contributed by atoms with E-state index < -0.39 is 9.84 Å². The minimum atomic E-state index is -3.45. The molecule has 29 heavy (non-hydrogen) atoms. The maximum atomic E-state index is 12.5. The summed E-state index contributed by atoms with van der Waals surface area (Å²) in [7, 11) is -0.309. The molecule has 0 bridgehead atoms. The maximum absolute atomic E-state index is 12.5. The monoisotopic (exact) mass is 418 g/mol. The standard InChI is InChI=1S/C21H26N2O5S/c1-23(15-20(24)22-13-6-14-28-2)21(25)18-11-9-17(10-12-18)16-29(26,27)19-7-4-3-5-8-19/h3-5,7-12H,6,13-16H2,1-2H3,(H,22,24). The van der Waals surface area contributed by atoms with Crippen LogP contribution in [0.3, 0.4) is 0 Å². The van der Waals surface area contributed by atoms with Gasteiger partial charge in [-0.05, 0) is 36.2 Å². The van der Waals surface area contributed by atoms with Crippen LogP contribution in [0.5, 0.6) is 0 Å². The molecule has 0 unspecified atom stereocenters. The average Bonchev–Trinajstić information content (AvgIpc) is 2.71. The first-order valence-electron chi connectivity index (χ1n) is 9.21. The normalized spacial score (nSPS) is 11.1. The van der Waals surface area contributed by atoms with Crippen molar-refractivity contribution >= 4 is 21.7 Å². The van der Waals surface area contributed by atoms with Crippen LogP contribution >= 0.6 is 0 Å². The number of rotatable bonds is 10. The van der Waals surface area contributed by atoms with Gasteiger partial charge in [-0.15, -0.1) is 0 Å². The second-order valence-corrected chi connectivity index (χ2v) is 8.62. The number of hydrogen-bond donors (Lipinski definition) is 1. The van der Waals surface area contributed by atoms with Gasteiger partial charge in [-0.2, -0.15) is 0 Å². The number of nitrogens with zero attached hydrogens (tertiary/aromatic N) is 1. The largest absolute Gasteiger partial charge is 0.385 e. The van der Waals surface area contributed by atoms with Crippen molar-refractivity contribution in [1.29, 1.82) is 0 Å². The molecule has 0 saturated carbocycles. The van der Waals surface area contributed by atoms with Crippen molar-refractivity contribution in [2.45, 2.75) is 17.1 Å². The summed E-state index contributed by atoms with van der Waals surface area (Å²) < 4.78 is 29.8. The van der Waals surface area contributed by atoms with E-state index in [1.807, 2.05) is 0 Å². The van der Waals surface area contributed by atoms with Gasteiger partial charge in [-0.1, -0.05) is 30.3 Å². The Hall–Kier alpha value is -2.71. The SMILES string of the molecule is COCCCNC(=O)CN(C)C(=O)c1ccc(CS(=O)(=O)c2ccccc2)cc1. The van der Waals surface area contributed by atoms with E-state index in [9.17, 15) is 18.0 Å². The summed E-state index contributed by atoms with van der Waals surface area (Å²) in [6.07, 6.45) is 0.702. The smallest absolute Gasteiger partial charge is 0.254 e. The first-order valence-corrected chi connectivity index (χ1v) is 10.9. The Morgan fingerprint density at radius 3 is 2.31 bits per heavy atom. The third-order valence-electron chi connectivity index (χ3n) is 4.23. The Kier molecular flexibility index (Phi) is 8.35. The van der Waals surface area contributed by atoms with E-state index in [4.69, 9.17) is 4.74 Å². The van der Waals surface area contributed by atoms with Crippen molar-refractivity contribution in [3.05, 3.63) is 65.7 Å². The molecule has 0 aromatic heterocycles. The highest BCUT2D eigenvalue weighted by Crippen LogP contribution is 2.17. The zero-order valence-electron chi connectivity index (χ0n) is 16.6. The number of methoxy groups -OCH3 is 1. The lowest BCUT2D eigenvalue weighted by molar-refractivity contribution is -0.121. The summed E-state index contributed by atoms with van der Waals surface area (Å²) in [5.74, 6) is -0.706. The molecular weight excluding hydrogens is 392 g/mol. The number of sulfone groups is 1. The van der Waals surface area contributed by atoms with E-state index in [1.165, 1.54) is 4.90 Å². The van der Waals surface area contributed by atoms with Gasteiger partial charge < -0.3 is 15.0 Å². The second kappa shape index (κ2) is 10.7. The third-order valence-corrected chi connectivity index (χ3v) is 5.94. The van der Waals surface area contributed by atoms with E-state index in [0.29, 0.717) is 30.7 Å². The van der Waals surface area contributed by atoms with Crippen molar-refractivity contribution in [3.8, 4) is 0 Å². The van der Waals surface area contributed by atoms with Crippen LogP contribution in [0.4, 0.5) is 0 Å². The number of benzene rings is 2. The van der Waals surface area contributed by atoms with Crippen LogP contribution in [-0.4, -0.2) is 59.0 Å². The van der Waals surface area contributed by atoms with E-state index in [2.05, 4.69) is 5.32 Å². The summed E-state index contributed by atoms with van der Waals surface area (Å²) in [6, 6.07) is 14.6. The van der Waals surface area contributed by atoms with Gasteiger partial charge in [0, 0.05) is 32.9 Å². The van der Waals surface area contributed by atoms with E-state index in [-0.39, 0.29) is 29.0 Å². The van der Waals surface area contributed by atoms with Gasteiger partial charge in [-0.3, -0.25) is 9.59 Å². The second-order valence-electron chi connectivity index (χ2n) is 6.63. The molecule has 7 nitrogen and oxygen atoms in total. The Bertz CT molecular complexity index is 912. The topological polar surface area (TPSA) is 92.8 Å². The number of likely N-dealkylation sites (N-methyl/N-ethyl adjacent to an activating group) is 1. The molecule has 0 fully saturated rings. The Morgan fingerprint density at radius 2 is 1.69 bits per heavy atom. The summed E-state index contributed by atoms with van der Waals surface area (Å²) in [5, 5.41) is 2.73.